The van der Waals surface area contributed by atoms with Gasteiger partial charge < -0.3 is 0 Å². The molecule has 4 nitrogen and oxygen atoms in total. The second-order valence-electron chi connectivity index (χ2n) is 7.68. The van der Waals surface area contributed by atoms with Gasteiger partial charge in [-0.25, -0.2) is 9.67 Å². The average molecular weight is 323 g/mol. The van der Waals surface area contributed by atoms with E-state index in [4.69, 9.17) is 0 Å². The quantitative estimate of drug-likeness (QED) is 0.453. The molecule has 1 aromatic rings. The predicted octanol–water partition coefficient (Wildman–Crippen LogP) is 4.97. The van der Waals surface area contributed by atoms with E-state index in [2.05, 4.69) is 42.7 Å². The van der Waals surface area contributed by atoms with E-state index in [1.165, 1.54) is 64.5 Å². The second kappa shape index (κ2) is 12.5. The highest BCUT2D eigenvalue weighted by atomic mass is 15.4. The third kappa shape index (κ3) is 11.3. The van der Waals surface area contributed by atoms with Crippen molar-refractivity contribution in [2.75, 3.05) is 13.1 Å². The molecule has 0 N–H and O–H groups in total. The second-order valence-corrected chi connectivity index (χ2v) is 7.68. The van der Waals surface area contributed by atoms with Crippen LogP contribution in [0, 0.1) is 11.8 Å². The number of nitrogens with zero attached hydrogens (tertiary/aromatic N) is 4. The van der Waals surface area contributed by atoms with Crippen molar-refractivity contribution in [2.24, 2.45) is 11.8 Å². The topological polar surface area (TPSA) is 34.0 Å². The van der Waals surface area contributed by atoms with Crippen LogP contribution in [0.15, 0.2) is 12.7 Å². The van der Waals surface area contributed by atoms with Crippen LogP contribution in [0.4, 0.5) is 0 Å². The van der Waals surface area contributed by atoms with Gasteiger partial charge in [0.25, 0.3) is 0 Å². The molecule has 1 rings (SSSR count). The van der Waals surface area contributed by atoms with E-state index in [1.54, 1.807) is 6.33 Å². The Hall–Kier alpha value is -0.900. The van der Waals surface area contributed by atoms with Crippen molar-refractivity contribution in [1.82, 2.24) is 19.7 Å². The molecule has 0 aromatic carbocycles. The summed E-state index contributed by atoms with van der Waals surface area (Å²) in [6, 6.07) is 0. The van der Waals surface area contributed by atoms with Crippen LogP contribution in [0.1, 0.15) is 79.1 Å². The molecule has 0 atom stereocenters. The first-order valence-corrected chi connectivity index (χ1v) is 9.62. The maximum Gasteiger partial charge on any atom is 0.137 e. The molecule has 0 aliphatic rings. The normalized spacial score (nSPS) is 12.0. The molecule has 1 aromatic heterocycles. The minimum Gasteiger partial charge on any atom is -0.284 e. The van der Waals surface area contributed by atoms with Crippen LogP contribution in [-0.4, -0.2) is 32.8 Å². The third-order valence-electron chi connectivity index (χ3n) is 4.32. The van der Waals surface area contributed by atoms with Crippen LogP contribution in [-0.2, 0) is 6.67 Å². The fourth-order valence-electron chi connectivity index (χ4n) is 2.89. The lowest BCUT2D eigenvalue weighted by atomic mass is 10.0. The summed E-state index contributed by atoms with van der Waals surface area (Å²) >= 11 is 0. The van der Waals surface area contributed by atoms with Gasteiger partial charge in [-0.15, -0.1) is 0 Å². The third-order valence-corrected chi connectivity index (χ3v) is 4.32. The molecule has 1 heterocycles. The number of aromatic nitrogens is 3. The molecule has 0 aliphatic heterocycles. The number of rotatable bonds is 14. The fourth-order valence-corrected chi connectivity index (χ4v) is 2.89. The van der Waals surface area contributed by atoms with Gasteiger partial charge in [-0.1, -0.05) is 66.2 Å². The standard InChI is InChI=1S/C19H38N4/c1-18(2)11-7-5-9-13-22(17-23-16-20-15-21-23)14-10-6-8-12-19(3)4/h15-16,18-19H,5-14,17H2,1-4H3. The molecule has 0 amide bonds. The van der Waals surface area contributed by atoms with E-state index in [0.29, 0.717) is 0 Å². The number of hydrogen-bond donors (Lipinski definition) is 0. The zero-order valence-electron chi connectivity index (χ0n) is 15.9. The summed E-state index contributed by atoms with van der Waals surface area (Å²) in [6.45, 7) is 12.5. The van der Waals surface area contributed by atoms with E-state index in [1.807, 2.05) is 11.0 Å². The lowest BCUT2D eigenvalue weighted by molar-refractivity contribution is 0.197. The molecule has 0 radical (unpaired) electrons. The summed E-state index contributed by atoms with van der Waals surface area (Å²) in [5.41, 5.74) is 0. The lowest BCUT2D eigenvalue weighted by Gasteiger charge is -2.22. The Morgan fingerprint density at radius 1 is 0.826 bits per heavy atom. The Morgan fingerprint density at radius 3 is 1.83 bits per heavy atom. The molecule has 134 valence electrons. The largest absolute Gasteiger partial charge is 0.284 e. The highest BCUT2D eigenvalue weighted by Gasteiger charge is 2.06. The van der Waals surface area contributed by atoms with Gasteiger partial charge in [0.1, 0.15) is 12.7 Å². The van der Waals surface area contributed by atoms with Crippen LogP contribution >= 0.6 is 0 Å². The van der Waals surface area contributed by atoms with Crippen LogP contribution in [0.2, 0.25) is 0 Å². The van der Waals surface area contributed by atoms with Gasteiger partial charge in [0.05, 0.1) is 6.67 Å². The summed E-state index contributed by atoms with van der Waals surface area (Å²) in [7, 11) is 0. The minimum absolute atomic E-state index is 0.835. The van der Waals surface area contributed by atoms with E-state index < -0.39 is 0 Å². The highest BCUT2D eigenvalue weighted by molar-refractivity contribution is 4.61. The van der Waals surface area contributed by atoms with Crippen LogP contribution < -0.4 is 0 Å². The fraction of sp³-hybridized carbons (Fsp3) is 0.895. The van der Waals surface area contributed by atoms with Crippen LogP contribution in [0.25, 0.3) is 0 Å². The Balaban J connectivity index is 2.22. The van der Waals surface area contributed by atoms with E-state index in [-0.39, 0.29) is 0 Å². The molecule has 0 fully saturated rings. The Bertz CT molecular complexity index is 341. The number of hydrogen-bond acceptors (Lipinski definition) is 3. The molecule has 0 aliphatic carbocycles. The zero-order chi connectivity index (χ0) is 16.9. The average Bonchev–Trinajstić information content (AvgIpc) is 2.98. The molecule has 0 bridgehead atoms. The summed E-state index contributed by atoms with van der Waals surface area (Å²) in [6.07, 6.45) is 14.2. The molecule has 0 spiro atoms. The number of unbranched alkanes of at least 4 members (excludes halogenated alkanes) is 4. The van der Waals surface area contributed by atoms with Crippen LogP contribution in [0.5, 0.6) is 0 Å². The predicted molar refractivity (Wildman–Crippen MR) is 98.2 cm³/mol. The molecular formula is C19H38N4. The Labute approximate surface area is 143 Å². The maximum atomic E-state index is 4.26. The summed E-state index contributed by atoms with van der Waals surface area (Å²) < 4.78 is 1.95. The van der Waals surface area contributed by atoms with Crippen molar-refractivity contribution < 1.29 is 0 Å². The van der Waals surface area contributed by atoms with E-state index in [9.17, 15) is 0 Å². The van der Waals surface area contributed by atoms with Crippen molar-refractivity contribution >= 4 is 0 Å². The van der Waals surface area contributed by atoms with E-state index >= 15 is 0 Å². The van der Waals surface area contributed by atoms with Gasteiger partial charge in [0.15, 0.2) is 0 Å². The SMILES string of the molecule is CC(C)CCCCCN(CCCCCC(C)C)Cn1cncn1. The first-order chi connectivity index (χ1) is 11.1. The van der Waals surface area contributed by atoms with Gasteiger partial charge >= 0.3 is 0 Å². The molecular weight excluding hydrogens is 284 g/mol. The van der Waals surface area contributed by atoms with Gasteiger partial charge in [0.2, 0.25) is 0 Å². The minimum atomic E-state index is 0.835. The van der Waals surface area contributed by atoms with Crippen molar-refractivity contribution in [3.63, 3.8) is 0 Å². The maximum absolute atomic E-state index is 4.26. The monoisotopic (exact) mass is 322 g/mol. The summed E-state index contributed by atoms with van der Waals surface area (Å²) in [5, 5.41) is 4.26. The molecule has 4 heteroatoms. The van der Waals surface area contributed by atoms with Gasteiger partial charge in [-0.2, -0.15) is 5.10 Å². The molecule has 0 saturated heterocycles. The van der Waals surface area contributed by atoms with E-state index in [0.717, 1.165) is 18.5 Å². The Kier molecular flexibility index (Phi) is 11.0. The highest BCUT2D eigenvalue weighted by Crippen LogP contribution is 2.11. The molecule has 23 heavy (non-hydrogen) atoms. The molecule has 0 unspecified atom stereocenters. The van der Waals surface area contributed by atoms with Gasteiger partial charge in [-0.05, 0) is 37.8 Å². The Morgan fingerprint density at radius 2 is 1.39 bits per heavy atom. The van der Waals surface area contributed by atoms with Crippen molar-refractivity contribution in [2.45, 2.75) is 85.7 Å². The van der Waals surface area contributed by atoms with Gasteiger partial charge in [0, 0.05) is 0 Å². The van der Waals surface area contributed by atoms with Gasteiger partial charge in [-0.3, -0.25) is 4.90 Å². The summed E-state index contributed by atoms with van der Waals surface area (Å²) in [4.78, 5) is 6.60. The lowest BCUT2D eigenvalue weighted by Crippen LogP contribution is -2.29. The molecule has 0 saturated carbocycles. The van der Waals surface area contributed by atoms with Crippen molar-refractivity contribution in [1.29, 1.82) is 0 Å². The van der Waals surface area contributed by atoms with Crippen molar-refractivity contribution in [3.05, 3.63) is 12.7 Å². The van der Waals surface area contributed by atoms with Crippen molar-refractivity contribution in [3.8, 4) is 0 Å². The summed E-state index contributed by atoms with van der Waals surface area (Å²) in [5.74, 6) is 1.67. The zero-order valence-corrected chi connectivity index (χ0v) is 15.9. The smallest absolute Gasteiger partial charge is 0.137 e. The van der Waals surface area contributed by atoms with Crippen LogP contribution in [0.3, 0.4) is 0 Å². The first kappa shape index (κ1) is 20.1. The first-order valence-electron chi connectivity index (χ1n) is 9.62.